The van der Waals surface area contributed by atoms with Crippen LogP contribution in [0, 0.1) is 0 Å². The van der Waals surface area contributed by atoms with Gasteiger partial charge in [0, 0.05) is 12.1 Å². The summed E-state index contributed by atoms with van der Waals surface area (Å²) in [6.45, 7) is 0.297. The molecule has 1 N–H and O–H groups in total. The molecule has 4 rings (SSSR count). The maximum atomic E-state index is 12.8. The van der Waals surface area contributed by atoms with Gasteiger partial charge in [-0.05, 0) is 48.6 Å². The van der Waals surface area contributed by atoms with E-state index < -0.39 is 0 Å². The summed E-state index contributed by atoms with van der Waals surface area (Å²) in [4.78, 5) is 43.5. The lowest BCUT2D eigenvalue weighted by Gasteiger charge is -2.13. The first-order valence-electron chi connectivity index (χ1n) is 9.42. The highest BCUT2D eigenvalue weighted by atomic mass is 32.2. The lowest BCUT2D eigenvalue weighted by atomic mass is 10.1. The number of rotatable bonds is 6. The van der Waals surface area contributed by atoms with E-state index in [1.165, 1.54) is 22.7 Å². The number of nitrogens with one attached hydrogen (secondary N) is 1. The number of thioether (sulfide) groups is 1. The number of hydrogen-bond donors (Lipinski definition) is 1. The number of anilines is 1. The highest BCUT2D eigenvalue weighted by molar-refractivity contribution is 7.98. The second-order valence-electron chi connectivity index (χ2n) is 6.80. The number of nitrogens with zero attached hydrogens (tertiary/aromatic N) is 2. The molecule has 0 saturated heterocycles. The molecule has 0 saturated carbocycles. The van der Waals surface area contributed by atoms with Crippen LogP contribution < -0.4 is 5.32 Å². The van der Waals surface area contributed by atoms with Gasteiger partial charge in [0.15, 0.2) is 0 Å². The number of hydrogen-bond acceptors (Lipinski definition) is 5. The van der Waals surface area contributed by atoms with Crippen molar-refractivity contribution in [2.75, 3.05) is 18.1 Å². The van der Waals surface area contributed by atoms with Gasteiger partial charge in [-0.2, -0.15) is 0 Å². The molecule has 1 aliphatic heterocycles. The number of aromatic nitrogens is 1. The second-order valence-corrected chi connectivity index (χ2v) is 7.63. The average molecular weight is 417 g/mol. The van der Waals surface area contributed by atoms with E-state index in [2.05, 4.69) is 10.3 Å². The van der Waals surface area contributed by atoms with Crippen molar-refractivity contribution in [3.63, 3.8) is 0 Å². The average Bonchev–Trinajstić information content (AvgIpc) is 3.02. The summed E-state index contributed by atoms with van der Waals surface area (Å²) in [5, 5.41) is 3.62. The third-order valence-electron chi connectivity index (χ3n) is 4.90. The molecule has 0 aliphatic carbocycles. The quantitative estimate of drug-likeness (QED) is 0.486. The number of pyridine rings is 1. The minimum atomic E-state index is -0.369. The van der Waals surface area contributed by atoms with Crippen molar-refractivity contribution >= 4 is 35.2 Å². The zero-order chi connectivity index (χ0) is 21.1. The van der Waals surface area contributed by atoms with E-state index in [9.17, 15) is 14.4 Å². The van der Waals surface area contributed by atoms with Crippen LogP contribution in [0.1, 0.15) is 36.6 Å². The summed E-state index contributed by atoms with van der Waals surface area (Å²) >= 11 is 1.51. The predicted molar refractivity (Wildman–Crippen MR) is 116 cm³/mol. The third kappa shape index (κ3) is 3.97. The zero-order valence-corrected chi connectivity index (χ0v) is 17.1. The minimum Gasteiger partial charge on any atom is -0.321 e. The van der Waals surface area contributed by atoms with E-state index in [0.29, 0.717) is 29.8 Å². The van der Waals surface area contributed by atoms with Crippen molar-refractivity contribution in [3.05, 3.63) is 89.1 Å². The standard InChI is InChI=1S/C23H19N3O3S/c1-30-20-10-8-17(14-24-20)25-21(27)16-7-9-18-19(13-16)23(29)26(22(18)28)12-11-15-5-3-2-4-6-15/h2-10,13-14H,11-12H2,1H3,(H,25,27). The summed E-state index contributed by atoms with van der Waals surface area (Å²) in [7, 11) is 0. The number of carbonyl (C=O) groups is 3. The molecule has 3 amide bonds. The van der Waals surface area contributed by atoms with Crippen LogP contribution in [0.2, 0.25) is 0 Å². The Morgan fingerprint density at radius 3 is 2.47 bits per heavy atom. The Labute approximate surface area is 178 Å². The largest absolute Gasteiger partial charge is 0.321 e. The fraction of sp³-hybridized carbons (Fsp3) is 0.130. The molecule has 30 heavy (non-hydrogen) atoms. The first-order valence-corrected chi connectivity index (χ1v) is 10.6. The molecule has 0 spiro atoms. The van der Waals surface area contributed by atoms with Gasteiger partial charge >= 0.3 is 0 Å². The Morgan fingerprint density at radius 2 is 1.77 bits per heavy atom. The Hall–Kier alpha value is -3.45. The second kappa shape index (κ2) is 8.51. The van der Waals surface area contributed by atoms with Crippen molar-refractivity contribution in [3.8, 4) is 0 Å². The number of benzene rings is 2. The van der Waals surface area contributed by atoms with Gasteiger partial charge in [-0.25, -0.2) is 4.98 Å². The van der Waals surface area contributed by atoms with Gasteiger partial charge in [0.1, 0.15) is 0 Å². The van der Waals surface area contributed by atoms with E-state index in [1.807, 2.05) is 42.7 Å². The van der Waals surface area contributed by atoms with E-state index in [4.69, 9.17) is 0 Å². The molecule has 1 aliphatic rings. The van der Waals surface area contributed by atoms with Gasteiger partial charge < -0.3 is 5.32 Å². The molecule has 2 aromatic carbocycles. The Kier molecular flexibility index (Phi) is 5.63. The van der Waals surface area contributed by atoms with Crippen molar-refractivity contribution in [2.45, 2.75) is 11.4 Å². The summed E-state index contributed by atoms with van der Waals surface area (Å²) in [5.74, 6) is -1.05. The normalized spacial score (nSPS) is 12.8. The third-order valence-corrected chi connectivity index (χ3v) is 5.56. The summed E-state index contributed by atoms with van der Waals surface area (Å²) in [6.07, 6.45) is 4.09. The molecular formula is C23H19N3O3S. The van der Waals surface area contributed by atoms with Crippen LogP contribution in [0.3, 0.4) is 0 Å². The van der Waals surface area contributed by atoms with Gasteiger partial charge in [0.05, 0.1) is 28.0 Å². The molecular weight excluding hydrogens is 398 g/mol. The maximum Gasteiger partial charge on any atom is 0.261 e. The number of imide groups is 1. The van der Waals surface area contributed by atoms with Crippen LogP contribution >= 0.6 is 11.8 Å². The van der Waals surface area contributed by atoms with Crippen molar-refractivity contribution in [1.82, 2.24) is 9.88 Å². The Bertz CT molecular complexity index is 1110. The molecule has 0 atom stereocenters. The Morgan fingerprint density at radius 1 is 1.00 bits per heavy atom. The summed E-state index contributed by atoms with van der Waals surface area (Å²) in [6, 6.07) is 17.9. The first kappa shape index (κ1) is 19.8. The molecule has 6 nitrogen and oxygen atoms in total. The van der Waals surface area contributed by atoms with Gasteiger partial charge in [-0.1, -0.05) is 30.3 Å². The molecule has 7 heteroatoms. The maximum absolute atomic E-state index is 12.8. The molecule has 0 radical (unpaired) electrons. The molecule has 1 aromatic heterocycles. The SMILES string of the molecule is CSc1ccc(NC(=O)c2ccc3c(c2)C(=O)N(CCc2ccccc2)C3=O)cn1. The molecule has 150 valence electrons. The van der Waals surface area contributed by atoms with E-state index in [-0.39, 0.29) is 23.3 Å². The van der Waals surface area contributed by atoms with Crippen LogP contribution in [-0.4, -0.2) is 40.4 Å². The van der Waals surface area contributed by atoms with Crippen LogP contribution in [-0.2, 0) is 6.42 Å². The smallest absolute Gasteiger partial charge is 0.261 e. The Balaban J connectivity index is 1.48. The van der Waals surface area contributed by atoms with Crippen LogP contribution in [0.25, 0.3) is 0 Å². The van der Waals surface area contributed by atoms with E-state index in [0.717, 1.165) is 10.6 Å². The number of fused-ring (bicyclic) bond motifs is 1. The fourth-order valence-corrected chi connectivity index (χ4v) is 3.66. The summed E-state index contributed by atoms with van der Waals surface area (Å²) in [5.41, 5.74) is 2.52. The molecule has 3 aromatic rings. The first-order chi connectivity index (χ1) is 14.6. The van der Waals surface area contributed by atoms with Crippen molar-refractivity contribution in [1.29, 1.82) is 0 Å². The van der Waals surface area contributed by atoms with E-state index >= 15 is 0 Å². The summed E-state index contributed by atoms with van der Waals surface area (Å²) < 4.78 is 0. The van der Waals surface area contributed by atoms with Crippen molar-refractivity contribution < 1.29 is 14.4 Å². The number of amides is 3. The van der Waals surface area contributed by atoms with Gasteiger partial charge in [-0.15, -0.1) is 11.8 Å². The van der Waals surface area contributed by atoms with E-state index in [1.54, 1.807) is 24.4 Å². The molecule has 0 fully saturated rings. The lowest BCUT2D eigenvalue weighted by molar-refractivity contribution is 0.0656. The molecule has 0 unspecified atom stereocenters. The van der Waals surface area contributed by atoms with Gasteiger partial charge in [0.2, 0.25) is 0 Å². The van der Waals surface area contributed by atoms with Gasteiger partial charge in [-0.3, -0.25) is 19.3 Å². The molecule has 2 heterocycles. The minimum absolute atomic E-state index is 0.261. The fourth-order valence-electron chi connectivity index (χ4n) is 3.30. The van der Waals surface area contributed by atoms with Crippen LogP contribution in [0.15, 0.2) is 71.9 Å². The highest BCUT2D eigenvalue weighted by Gasteiger charge is 2.35. The molecule has 0 bridgehead atoms. The number of carbonyl (C=O) groups excluding carboxylic acids is 3. The van der Waals surface area contributed by atoms with Crippen LogP contribution in [0.4, 0.5) is 5.69 Å². The van der Waals surface area contributed by atoms with Crippen LogP contribution in [0.5, 0.6) is 0 Å². The lowest BCUT2D eigenvalue weighted by Crippen LogP contribution is -2.31. The topological polar surface area (TPSA) is 79.4 Å². The monoisotopic (exact) mass is 417 g/mol. The van der Waals surface area contributed by atoms with Crippen molar-refractivity contribution in [2.24, 2.45) is 0 Å². The highest BCUT2D eigenvalue weighted by Crippen LogP contribution is 2.25. The van der Waals surface area contributed by atoms with Gasteiger partial charge in [0.25, 0.3) is 17.7 Å². The zero-order valence-electron chi connectivity index (χ0n) is 16.3. The predicted octanol–water partition coefficient (Wildman–Crippen LogP) is 3.89.